The van der Waals surface area contributed by atoms with Crippen LogP contribution in [0.4, 0.5) is 0 Å². The highest BCUT2D eigenvalue weighted by atomic mass is 35.5. The number of carbonyl (C=O) groups excluding carboxylic acids is 1. The monoisotopic (exact) mass is 597 g/mol. The van der Waals surface area contributed by atoms with Gasteiger partial charge < -0.3 is 23.6 Å². The number of benzene rings is 3. The van der Waals surface area contributed by atoms with Crippen molar-refractivity contribution in [2.75, 3.05) is 0 Å². The average Bonchev–Trinajstić information content (AvgIpc) is 3.62. The van der Waals surface area contributed by atoms with Crippen molar-refractivity contribution in [3.05, 3.63) is 136 Å². The number of nitrogens with one attached hydrogen (secondary N) is 1. The molecule has 9 nitrogen and oxygen atoms in total. The third-order valence-corrected chi connectivity index (χ3v) is 6.80. The molecule has 0 aliphatic rings. The van der Waals surface area contributed by atoms with Crippen LogP contribution >= 0.6 is 11.6 Å². The van der Waals surface area contributed by atoms with Gasteiger partial charge in [0.1, 0.15) is 30.5 Å². The second kappa shape index (κ2) is 13.1. The van der Waals surface area contributed by atoms with Gasteiger partial charge in [-0.05, 0) is 98.3 Å². The van der Waals surface area contributed by atoms with E-state index in [0.717, 1.165) is 22.6 Å². The quantitative estimate of drug-likeness (QED) is 0.126. The Morgan fingerprint density at radius 3 is 2.33 bits per heavy atom. The van der Waals surface area contributed by atoms with Gasteiger partial charge in [-0.1, -0.05) is 23.7 Å². The summed E-state index contributed by atoms with van der Waals surface area (Å²) in [6.45, 7) is 4.47. The second-order valence-electron chi connectivity index (χ2n) is 9.67. The number of halogens is 1. The summed E-state index contributed by atoms with van der Waals surface area (Å²) in [5.41, 5.74) is 7.31. The number of amides is 1. The van der Waals surface area contributed by atoms with Gasteiger partial charge in [-0.25, -0.2) is 10.2 Å². The minimum Gasteiger partial charge on any atom is -0.488 e. The summed E-state index contributed by atoms with van der Waals surface area (Å²) in [5.74, 6) is 0.190. The Balaban J connectivity index is 1.15. The van der Waals surface area contributed by atoms with E-state index < -0.39 is 11.9 Å². The van der Waals surface area contributed by atoms with Crippen molar-refractivity contribution in [2.45, 2.75) is 27.1 Å². The van der Waals surface area contributed by atoms with E-state index in [4.69, 9.17) is 30.6 Å². The standard InChI is InChI=1S/C33H28ClN3O6/c1-21-3-4-22(2)37(21)27-10-12-28(13-11-27)41-20-29-14-16-31(43-29)32(38)36-35-18-25-17-26(34)9-15-30(25)42-19-23-5-7-24(8-6-23)33(39)40/h3-18H,19-20H2,1-2H3,(H,36,38)(H,39,40)/b35-18+. The predicted octanol–water partition coefficient (Wildman–Crippen LogP) is 6.96. The van der Waals surface area contributed by atoms with Gasteiger partial charge in [0.15, 0.2) is 5.76 Å². The molecule has 0 radical (unpaired) electrons. The second-order valence-corrected chi connectivity index (χ2v) is 10.1. The van der Waals surface area contributed by atoms with Crippen LogP contribution < -0.4 is 14.9 Å². The summed E-state index contributed by atoms with van der Waals surface area (Å²) in [6.07, 6.45) is 1.42. The lowest BCUT2D eigenvalue weighted by Crippen LogP contribution is -2.16. The number of carbonyl (C=O) groups is 2. The van der Waals surface area contributed by atoms with Crippen molar-refractivity contribution in [1.29, 1.82) is 0 Å². The number of aromatic carboxylic acids is 1. The molecular formula is C33H28ClN3O6. The topological polar surface area (TPSA) is 115 Å². The summed E-state index contributed by atoms with van der Waals surface area (Å²) in [6, 6.07) is 26.5. The largest absolute Gasteiger partial charge is 0.488 e. The van der Waals surface area contributed by atoms with E-state index in [1.54, 1.807) is 42.5 Å². The number of carboxylic acids is 1. The first-order chi connectivity index (χ1) is 20.8. The minimum atomic E-state index is -0.996. The van der Waals surface area contributed by atoms with Crippen molar-refractivity contribution in [2.24, 2.45) is 5.10 Å². The number of rotatable bonds is 11. The van der Waals surface area contributed by atoms with Crippen molar-refractivity contribution < 1.29 is 28.6 Å². The van der Waals surface area contributed by atoms with Crippen LogP contribution in [0.5, 0.6) is 11.5 Å². The highest BCUT2D eigenvalue weighted by Gasteiger charge is 2.12. The van der Waals surface area contributed by atoms with E-state index in [2.05, 4.69) is 41.1 Å². The molecule has 0 saturated heterocycles. The molecule has 1 amide bonds. The van der Waals surface area contributed by atoms with Gasteiger partial charge in [0.2, 0.25) is 0 Å². The van der Waals surface area contributed by atoms with Crippen LogP contribution in [0.15, 0.2) is 101 Å². The first kappa shape index (κ1) is 29.2. The lowest BCUT2D eigenvalue weighted by molar-refractivity contribution is 0.0696. The molecule has 218 valence electrons. The molecule has 3 aromatic carbocycles. The fourth-order valence-corrected chi connectivity index (χ4v) is 4.55. The van der Waals surface area contributed by atoms with E-state index in [1.807, 2.05) is 24.3 Å². The number of aromatic nitrogens is 1. The summed E-state index contributed by atoms with van der Waals surface area (Å²) in [5, 5.41) is 13.5. The lowest BCUT2D eigenvalue weighted by atomic mass is 10.1. The number of aryl methyl sites for hydroxylation is 2. The Labute approximate surface area is 252 Å². The Morgan fingerprint density at radius 2 is 1.63 bits per heavy atom. The molecule has 10 heteroatoms. The van der Waals surface area contributed by atoms with Gasteiger partial charge in [-0.15, -0.1) is 0 Å². The molecule has 0 unspecified atom stereocenters. The van der Waals surface area contributed by atoms with E-state index >= 15 is 0 Å². The van der Waals surface area contributed by atoms with Crippen LogP contribution in [0, 0.1) is 13.8 Å². The zero-order valence-electron chi connectivity index (χ0n) is 23.4. The van der Waals surface area contributed by atoms with Crippen molar-refractivity contribution in [1.82, 2.24) is 9.99 Å². The Hall–Kier alpha value is -5.28. The summed E-state index contributed by atoms with van der Waals surface area (Å²) < 4.78 is 19.5. The normalized spacial score (nSPS) is 11.0. The smallest absolute Gasteiger partial charge is 0.335 e. The zero-order chi connectivity index (χ0) is 30.3. The molecule has 0 spiro atoms. The summed E-state index contributed by atoms with van der Waals surface area (Å²) in [7, 11) is 0. The first-order valence-corrected chi connectivity index (χ1v) is 13.7. The van der Waals surface area contributed by atoms with Crippen molar-refractivity contribution in [3.63, 3.8) is 0 Å². The molecule has 0 bridgehead atoms. The number of carboxylic acid groups (broad SMARTS) is 1. The maximum Gasteiger partial charge on any atom is 0.335 e. The summed E-state index contributed by atoms with van der Waals surface area (Å²) in [4.78, 5) is 23.7. The highest BCUT2D eigenvalue weighted by Crippen LogP contribution is 2.23. The van der Waals surface area contributed by atoms with Gasteiger partial charge in [0, 0.05) is 27.7 Å². The predicted molar refractivity (Wildman–Crippen MR) is 163 cm³/mol. The molecule has 2 N–H and O–H groups in total. The van der Waals surface area contributed by atoms with E-state index in [9.17, 15) is 9.59 Å². The van der Waals surface area contributed by atoms with Crippen LogP contribution in [0.1, 0.15) is 49.2 Å². The molecule has 0 saturated carbocycles. The number of hydrogen-bond donors (Lipinski definition) is 2. The van der Waals surface area contributed by atoms with Gasteiger partial charge in [0.25, 0.3) is 0 Å². The third kappa shape index (κ3) is 7.33. The van der Waals surface area contributed by atoms with E-state index in [1.165, 1.54) is 18.3 Å². The number of hydrazone groups is 1. The third-order valence-electron chi connectivity index (χ3n) is 6.57. The Morgan fingerprint density at radius 1 is 0.907 bits per heavy atom. The Bertz CT molecular complexity index is 1750. The molecule has 5 rings (SSSR count). The van der Waals surface area contributed by atoms with Crippen molar-refractivity contribution >= 4 is 29.7 Å². The molecule has 2 heterocycles. The van der Waals surface area contributed by atoms with Crippen molar-refractivity contribution in [3.8, 4) is 17.2 Å². The van der Waals surface area contributed by atoms with Crippen LogP contribution in [0.2, 0.25) is 5.02 Å². The van der Waals surface area contributed by atoms with Gasteiger partial charge >= 0.3 is 11.9 Å². The molecular weight excluding hydrogens is 570 g/mol. The molecule has 2 aromatic heterocycles. The fourth-order valence-electron chi connectivity index (χ4n) is 4.37. The minimum absolute atomic E-state index is 0.0806. The van der Waals surface area contributed by atoms with Crippen LogP contribution in [0.3, 0.4) is 0 Å². The van der Waals surface area contributed by atoms with E-state index in [-0.39, 0.29) is 24.5 Å². The van der Waals surface area contributed by atoms with Gasteiger partial charge in [-0.2, -0.15) is 5.10 Å². The molecule has 0 fully saturated rings. The molecule has 0 atom stereocenters. The maximum atomic E-state index is 12.6. The SMILES string of the molecule is Cc1ccc(C)n1-c1ccc(OCc2ccc(C(=O)N/N=C/c3cc(Cl)ccc3OCc3ccc(C(=O)O)cc3)o2)cc1. The molecule has 43 heavy (non-hydrogen) atoms. The molecule has 0 aliphatic heterocycles. The maximum absolute atomic E-state index is 12.6. The van der Waals surface area contributed by atoms with Gasteiger partial charge in [-0.3, -0.25) is 4.79 Å². The number of furan rings is 1. The van der Waals surface area contributed by atoms with E-state index in [0.29, 0.717) is 27.8 Å². The van der Waals surface area contributed by atoms with Crippen LogP contribution in [-0.4, -0.2) is 27.8 Å². The molecule has 0 aliphatic carbocycles. The lowest BCUT2D eigenvalue weighted by Gasteiger charge is -2.10. The number of ether oxygens (including phenoxy) is 2. The Kier molecular flexibility index (Phi) is 8.93. The molecule has 5 aromatic rings. The van der Waals surface area contributed by atoms with Gasteiger partial charge in [0.05, 0.1) is 11.8 Å². The number of hydrogen-bond acceptors (Lipinski definition) is 6. The first-order valence-electron chi connectivity index (χ1n) is 13.3. The van der Waals surface area contributed by atoms with Crippen LogP contribution in [-0.2, 0) is 13.2 Å². The number of nitrogens with zero attached hydrogens (tertiary/aromatic N) is 2. The van der Waals surface area contributed by atoms with Crippen LogP contribution in [0.25, 0.3) is 5.69 Å². The zero-order valence-corrected chi connectivity index (χ0v) is 24.2. The summed E-state index contributed by atoms with van der Waals surface area (Å²) >= 11 is 6.15. The highest BCUT2D eigenvalue weighted by molar-refractivity contribution is 6.30. The average molecular weight is 598 g/mol. The fraction of sp³-hybridized carbons (Fsp3) is 0.121.